The summed E-state index contributed by atoms with van der Waals surface area (Å²) >= 11 is 6.64. The summed E-state index contributed by atoms with van der Waals surface area (Å²) in [6.45, 7) is 11.7. The summed E-state index contributed by atoms with van der Waals surface area (Å²) in [5.74, 6) is 1.00. The summed E-state index contributed by atoms with van der Waals surface area (Å²) in [6.07, 6.45) is 2.36. The molecule has 160 valence electrons. The van der Waals surface area contributed by atoms with Crippen LogP contribution < -0.4 is 10.2 Å². The number of piperazine rings is 1. The van der Waals surface area contributed by atoms with E-state index in [-0.39, 0.29) is 0 Å². The second-order valence-electron chi connectivity index (χ2n) is 8.67. The van der Waals surface area contributed by atoms with Gasteiger partial charge in [-0.1, -0.05) is 17.7 Å². The van der Waals surface area contributed by atoms with Gasteiger partial charge in [-0.15, -0.1) is 0 Å². The second kappa shape index (κ2) is 9.11. The van der Waals surface area contributed by atoms with Crippen LogP contribution >= 0.6 is 11.6 Å². The van der Waals surface area contributed by atoms with E-state index in [1.807, 2.05) is 6.07 Å². The van der Waals surface area contributed by atoms with Gasteiger partial charge in [0.25, 0.3) is 0 Å². The van der Waals surface area contributed by atoms with Gasteiger partial charge in [0.15, 0.2) is 5.96 Å². The summed E-state index contributed by atoms with van der Waals surface area (Å²) in [4.78, 5) is 12.2. The lowest BCUT2D eigenvalue weighted by molar-refractivity contribution is 0.156. The number of likely N-dealkylation sites (tertiary alicyclic amines) is 1. The van der Waals surface area contributed by atoms with Gasteiger partial charge in [-0.2, -0.15) is 0 Å². The van der Waals surface area contributed by atoms with E-state index < -0.39 is 0 Å². The van der Waals surface area contributed by atoms with Crippen molar-refractivity contribution in [1.29, 1.82) is 0 Å². The molecule has 29 heavy (non-hydrogen) atoms. The largest absolute Gasteiger partial charge is 0.381 e. The Hall–Kier alpha value is -1.50. The Morgan fingerprint density at radius 3 is 2.76 bits per heavy atom. The van der Waals surface area contributed by atoms with Crippen molar-refractivity contribution in [3.63, 3.8) is 0 Å². The van der Waals surface area contributed by atoms with E-state index in [0.29, 0.717) is 12.0 Å². The molecule has 3 saturated heterocycles. The predicted molar refractivity (Wildman–Crippen MR) is 120 cm³/mol. The van der Waals surface area contributed by atoms with Gasteiger partial charge >= 0.3 is 0 Å². The fraction of sp³-hybridized carbons (Fsp3) is 0.682. The Bertz CT molecular complexity index is 726. The number of nitrogens with one attached hydrogen (secondary N) is 1. The van der Waals surface area contributed by atoms with Gasteiger partial charge in [-0.05, 0) is 38.9 Å². The molecular weight excluding hydrogens is 386 g/mol. The number of guanidine groups is 1. The molecule has 0 saturated carbocycles. The van der Waals surface area contributed by atoms with Gasteiger partial charge in [0, 0.05) is 74.1 Å². The van der Waals surface area contributed by atoms with Crippen LogP contribution in [0.3, 0.4) is 0 Å². The quantitative estimate of drug-likeness (QED) is 0.600. The summed E-state index contributed by atoms with van der Waals surface area (Å²) in [7, 11) is 2.18. The third-order valence-electron chi connectivity index (χ3n) is 6.58. The van der Waals surface area contributed by atoms with Gasteiger partial charge < -0.3 is 24.8 Å². The van der Waals surface area contributed by atoms with Crippen molar-refractivity contribution in [2.75, 3.05) is 71.0 Å². The zero-order valence-corrected chi connectivity index (χ0v) is 18.5. The molecule has 1 aromatic carbocycles. The van der Waals surface area contributed by atoms with Gasteiger partial charge in [0.05, 0.1) is 13.2 Å². The number of anilines is 1. The van der Waals surface area contributed by atoms with Crippen molar-refractivity contribution in [1.82, 2.24) is 15.1 Å². The Morgan fingerprint density at radius 2 is 2.03 bits per heavy atom. The first-order valence-corrected chi connectivity index (χ1v) is 11.3. The fourth-order valence-corrected chi connectivity index (χ4v) is 4.94. The van der Waals surface area contributed by atoms with Crippen molar-refractivity contribution in [3.05, 3.63) is 28.8 Å². The molecule has 0 amide bonds. The molecule has 0 bridgehead atoms. The maximum Gasteiger partial charge on any atom is 0.194 e. The van der Waals surface area contributed by atoms with Crippen LogP contribution in [-0.4, -0.2) is 81.8 Å². The molecule has 1 aromatic rings. The molecule has 3 fully saturated rings. The number of hydrogen-bond donors (Lipinski definition) is 1. The molecule has 3 aliphatic heterocycles. The molecule has 3 aliphatic rings. The lowest BCUT2D eigenvalue weighted by Gasteiger charge is -2.35. The standard InChI is InChI=1S/C22H34ClN5O/c1-3-24-21(28-9-7-22(16-28)8-14-29-17-22)25-15-18-19(23)5-4-6-20(18)27-12-10-26(2)11-13-27/h4-6H,3,7-17H2,1-2H3,(H,24,25). The first kappa shape index (κ1) is 20.8. The molecule has 0 radical (unpaired) electrons. The van der Waals surface area contributed by atoms with Crippen LogP contribution in [0.2, 0.25) is 5.02 Å². The predicted octanol–water partition coefficient (Wildman–Crippen LogP) is 2.67. The Morgan fingerprint density at radius 1 is 1.21 bits per heavy atom. The number of rotatable bonds is 4. The van der Waals surface area contributed by atoms with E-state index in [2.05, 4.69) is 46.1 Å². The molecule has 4 rings (SSSR count). The number of hydrogen-bond acceptors (Lipinski definition) is 4. The van der Waals surface area contributed by atoms with Crippen LogP contribution in [0.1, 0.15) is 25.3 Å². The van der Waals surface area contributed by atoms with Crippen LogP contribution in [0.15, 0.2) is 23.2 Å². The monoisotopic (exact) mass is 419 g/mol. The maximum atomic E-state index is 6.64. The van der Waals surface area contributed by atoms with E-state index in [1.165, 1.54) is 18.5 Å². The third kappa shape index (κ3) is 4.65. The number of ether oxygens (including phenoxy) is 1. The minimum Gasteiger partial charge on any atom is -0.381 e. The van der Waals surface area contributed by atoms with Crippen molar-refractivity contribution in [2.45, 2.75) is 26.3 Å². The summed E-state index contributed by atoms with van der Waals surface area (Å²) in [5.41, 5.74) is 2.69. The number of aliphatic imine (C=N–C) groups is 1. The summed E-state index contributed by atoms with van der Waals surface area (Å²) in [6, 6.07) is 6.23. The average molecular weight is 420 g/mol. The zero-order valence-electron chi connectivity index (χ0n) is 17.8. The highest BCUT2D eigenvalue weighted by atomic mass is 35.5. The molecule has 7 heteroatoms. The molecule has 1 N–H and O–H groups in total. The number of benzene rings is 1. The Balaban J connectivity index is 1.51. The summed E-state index contributed by atoms with van der Waals surface area (Å²) in [5, 5.41) is 4.31. The number of halogens is 1. The van der Waals surface area contributed by atoms with Crippen molar-refractivity contribution in [3.8, 4) is 0 Å². The Kier molecular flexibility index (Phi) is 6.52. The van der Waals surface area contributed by atoms with E-state index in [1.54, 1.807) is 0 Å². The highest BCUT2D eigenvalue weighted by Gasteiger charge is 2.42. The smallest absolute Gasteiger partial charge is 0.194 e. The Labute approximate surface area is 179 Å². The van der Waals surface area contributed by atoms with Gasteiger partial charge in [0.2, 0.25) is 0 Å². The molecule has 0 aromatic heterocycles. The molecule has 0 aliphatic carbocycles. The zero-order chi connectivity index (χ0) is 20.3. The van der Waals surface area contributed by atoms with Crippen LogP contribution in [-0.2, 0) is 11.3 Å². The molecular formula is C22H34ClN5O. The minimum absolute atomic E-state index is 0.325. The topological polar surface area (TPSA) is 43.3 Å². The molecule has 1 unspecified atom stereocenters. The fourth-order valence-electron chi connectivity index (χ4n) is 4.71. The lowest BCUT2D eigenvalue weighted by atomic mass is 9.87. The first-order valence-electron chi connectivity index (χ1n) is 10.9. The van der Waals surface area contributed by atoms with Crippen LogP contribution in [0.4, 0.5) is 5.69 Å². The lowest BCUT2D eigenvalue weighted by Crippen LogP contribution is -2.44. The second-order valence-corrected chi connectivity index (χ2v) is 9.08. The molecule has 6 nitrogen and oxygen atoms in total. The van der Waals surface area contributed by atoms with Crippen molar-refractivity contribution >= 4 is 23.2 Å². The van der Waals surface area contributed by atoms with E-state index in [9.17, 15) is 0 Å². The average Bonchev–Trinajstić information content (AvgIpc) is 3.36. The van der Waals surface area contributed by atoms with Crippen LogP contribution in [0, 0.1) is 5.41 Å². The number of likely N-dealkylation sites (N-methyl/N-ethyl adjacent to an activating group) is 1. The normalized spacial score (nSPS) is 26.0. The highest BCUT2D eigenvalue weighted by molar-refractivity contribution is 6.31. The maximum absolute atomic E-state index is 6.64. The molecule has 3 heterocycles. The van der Waals surface area contributed by atoms with E-state index in [0.717, 1.165) is 75.6 Å². The van der Waals surface area contributed by atoms with Crippen LogP contribution in [0.25, 0.3) is 0 Å². The van der Waals surface area contributed by atoms with Crippen molar-refractivity contribution in [2.24, 2.45) is 10.4 Å². The SMILES string of the molecule is CCNC(=NCc1c(Cl)cccc1N1CCN(C)CC1)N1CCC2(CCOC2)C1. The van der Waals surface area contributed by atoms with Gasteiger partial charge in [-0.25, -0.2) is 4.99 Å². The minimum atomic E-state index is 0.325. The molecule has 1 atom stereocenters. The van der Waals surface area contributed by atoms with E-state index in [4.69, 9.17) is 21.3 Å². The van der Waals surface area contributed by atoms with Gasteiger partial charge in [0.1, 0.15) is 0 Å². The van der Waals surface area contributed by atoms with Crippen molar-refractivity contribution < 1.29 is 4.74 Å². The van der Waals surface area contributed by atoms with E-state index >= 15 is 0 Å². The highest BCUT2D eigenvalue weighted by Crippen LogP contribution is 2.38. The first-order chi connectivity index (χ1) is 14.1. The van der Waals surface area contributed by atoms with Crippen LogP contribution in [0.5, 0.6) is 0 Å². The summed E-state index contributed by atoms with van der Waals surface area (Å²) < 4.78 is 5.69. The van der Waals surface area contributed by atoms with Gasteiger partial charge in [-0.3, -0.25) is 0 Å². The number of nitrogens with zero attached hydrogens (tertiary/aromatic N) is 4. The third-order valence-corrected chi connectivity index (χ3v) is 6.94. The molecule has 1 spiro atoms.